The lowest BCUT2D eigenvalue weighted by molar-refractivity contribution is -0.160. The predicted octanol–water partition coefficient (Wildman–Crippen LogP) is 5.64. The topological polar surface area (TPSA) is 72.5 Å². The Hall–Kier alpha value is -2.95. The third-order valence-electron chi connectivity index (χ3n) is 7.45. The third-order valence-corrected chi connectivity index (χ3v) is 7.45. The van der Waals surface area contributed by atoms with Gasteiger partial charge in [-0.2, -0.15) is 0 Å². The molecule has 1 aliphatic rings. The Labute approximate surface area is 203 Å². The van der Waals surface area contributed by atoms with Crippen LogP contribution in [0.3, 0.4) is 0 Å². The van der Waals surface area contributed by atoms with Gasteiger partial charge >= 0.3 is 5.97 Å². The maximum atomic E-state index is 13.7. The number of rotatable bonds is 11. The molecule has 0 bridgehead atoms. The van der Waals surface area contributed by atoms with Crippen molar-refractivity contribution in [3.8, 4) is 0 Å². The van der Waals surface area contributed by atoms with Crippen LogP contribution in [0.1, 0.15) is 76.5 Å². The minimum atomic E-state index is -0.569. The first kappa shape index (κ1) is 25.7. The van der Waals surface area contributed by atoms with Crippen LogP contribution in [0, 0.1) is 17.3 Å². The molecule has 0 heterocycles. The minimum absolute atomic E-state index is 0.0164. The SMILES string of the molecule is CC(=O)NC(C)C(C)C(C=O)CCC1(C(=O)OC(c2ccccc2)c2ccccc2)CCCC1. The second-order valence-electron chi connectivity index (χ2n) is 9.78. The number of hydrogen-bond acceptors (Lipinski definition) is 4. The van der Waals surface area contributed by atoms with Crippen LogP contribution in [0.4, 0.5) is 0 Å². The van der Waals surface area contributed by atoms with E-state index < -0.39 is 11.5 Å². The van der Waals surface area contributed by atoms with Gasteiger partial charge < -0.3 is 14.8 Å². The zero-order valence-electron chi connectivity index (χ0n) is 20.5. The number of nitrogens with one attached hydrogen (secondary N) is 1. The van der Waals surface area contributed by atoms with Gasteiger partial charge in [-0.3, -0.25) is 9.59 Å². The van der Waals surface area contributed by atoms with Crippen LogP contribution in [0.25, 0.3) is 0 Å². The van der Waals surface area contributed by atoms with Crippen LogP contribution < -0.4 is 5.32 Å². The second kappa shape index (κ2) is 12.0. The highest BCUT2D eigenvalue weighted by atomic mass is 16.5. The molecular weight excluding hydrogens is 426 g/mol. The van der Waals surface area contributed by atoms with Gasteiger partial charge in [0, 0.05) is 18.9 Å². The van der Waals surface area contributed by atoms with Crippen molar-refractivity contribution in [1.29, 1.82) is 0 Å². The van der Waals surface area contributed by atoms with Crippen LogP contribution in [-0.4, -0.2) is 24.2 Å². The average Bonchev–Trinajstić information content (AvgIpc) is 3.33. The molecular formula is C29H37NO4. The molecule has 0 saturated heterocycles. The van der Waals surface area contributed by atoms with Crippen LogP contribution in [0.15, 0.2) is 60.7 Å². The first-order valence-corrected chi connectivity index (χ1v) is 12.4. The Morgan fingerprint density at radius 3 is 1.97 bits per heavy atom. The molecule has 0 spiro atoms. The van der Waals surface area contributed by atoms with Gasteiger partial charge in [-0.05, 0) is 49.7 Å². The summed E-state index contributed by atoms with van der Waals surface area (Å²) in [5.74, 6) is -0.522. The summed E-state index contributed by atoms with van der Waals surface area (Å²) in [4.78, 5) is 37.1. The van der Waals surface area contributed by atoms with Crippen molar-refractivity contribution < 1.29 is 19.1 Å². The van der Waals surface area contributed by atoms with E-state index in [9.17, 15) is 14.4 Å². The highest BCUT2D eigenvalue weighted by Gasteiger charge is 2.44. The molecule has 3 unspecified atom stereocenters. The van der Waals surface area contributed by atoms with Crippen LogP contribution in [0.5, 0.6) is 0 Å². The number of esters is 1. The molecule has 1 fully saturated rings. The Morgan fingerprint density at radius 1 is 0.971 bits per heavy atom. The normalized spacial score (nSPS) is 17.5. The molecule has 3 atom stereocenters. The van der Waals surface area contributed by atoms with Gasteiger partial charge in [-0.25, -0.2) is 0 Å². The van der Waals surface area contributed by atoms with Crippen LogP contribution in [0.2, 0.25) is 0 Å². The van der Waals surface area contributed by atoms with Gasteiger partial charge in [0.15, 0.2) is 6.10 Å². The molecule has 1 aliphatic carbocycles. The molecule has 0 radical (unpaired) electrons. The molecule has 1 N–H and O–H groups in total. The smallest absolute Gasteiger partial charge is 0.313 e. The number of ether oxygens (including phenoxy) is 1. The maximum Gasteiger partial charge on any atom is 0.313 e. The quantitative estimate of drug-likeness (QED) is 0.346. The van der Waals surface area contributed by atoms with Gasteiger partial charge in [0.2, 0.25) is 5.91 Å². The monoisotopic (exact) mass is 463 g/mol. The van der Waals surface area contributed by atoms with Crippen molar-refractivity contribution in [3.63, 3.8) is 0 Å². The lowest BCUT2D eigenvalue weighted by atomic mass is 9.76. The minimum Gasteiger partial charge on any atom is -0.452 e. The molecule has 2 aromatic rings. The highest BCUT2D eigenvalue weighted by molar-refractivity contribution is 5.78. The van der Waals surface area contributed by atoms with Crippen molar-refractivity contribution in [3.05, 3.63) is 71.8 Å². The summed E-state index contributed by atoms with van der Waals surface area (Å²) in [6, 6.07) is 19.6. The predicted molar refractivity (Wildman–Crippen MR) is 133 cm³/mol. The Balaban J connectivity index is 1.77. The summed E-state index contributed by atoms with van der Waals surface area (Å²) in [6.07, 6.45) is 5.27. The average molecular weight is 464 g/mol. The standard InChI is InChI=1S/C29H37NO4/c1-21(22(2)30-23(3)32)26(20-31)16-19-29(17-10-11-18-29)28(33)34-27(24-12-6-4-7-13-24)25-14-8-5-9-15-25/h4-9,12-15,20-22,26-27H,10-11,16-19H2,1-3H3,(H,30,32). The molecule has 0 aromatic heterocycles. The van der Waals surface area contributed by atoms with E-state index in [4.69, 9.17) is 4.74 Å². The fraction of sp³-hybridized carbons (Fsp3) is 0.483. The summed E-state index contributed by atoms with van der Waals surface area (Å²) < 4.78 is 6.25. The molecule has 3 rings (SSSR count). The Kier molecular flexibility index (Phi) is 9.03. The second-order valence-corrected chi connectivity index (χ2v) is 9.78. The zero-order chi connectivity index (χ0) is 24.6. The van der Waals surface area contributed by atoms with E-state index in [0.29, 0.717) is 12.8 Å². The Morgan fingerprint density at radius 2 is 1.50 bits per heavy atom. The van der Waals surface area contributed by atoms with E-state index in [1.54, 1.807) is 0 Å². The van der Waals surface area contributed by atoms with E-state index in [0.717, 1.165) is 43.1 Å². The van der Waals surface area contributed by atoms with Gasteiger partial charge in [-0.1, -0.05) is 80.4 Å². The summed E-state index contributed by atoms with van der Waals surface area (Å²) in [5, 5.41) is 2.89. The molecule has 34 heavy (non-hydrogen) atoms. The molecule has 5 heteroatoms. The van der Waals surface area contributed by atoms with E-state index in [2.05, 4.69) is 5.32 Å². The number of amides is 1. The lowest BCUT2D eigenvalue weighted by Gasteiger charge is -2.32. The summed E-state index contributed by atoms with van der Waals surface area (Å²) >= 11 is 0. The largest absolute Gasteiger partial charge is 0.452 e. The van der Waals surface area contributed by atoms with Crippen LogP contribution >= 0.6 is 0 Å². The maximum absolute atomic E-state index is 13.7. The highest BCUT2D eigenvalue weighted by Crippen LogP contribution is 2.45. The first-order valence-electron chi connectivity index (χ1n) is 12.4. The van der Waals surface area contributed by atoms with E-state index >= 15 is 0 Å². The number of carbonyl (C=O) groups excluding carboxylic acids is 3. The molecule has 1 saturated carbocycles. The number of benzene rings is 2. The van der Waals surface area contributed by atoms with Crippen molar-refractivity contribution in [2.45, 2.75) is 71.4 Å². The molecule has 0 aliphatic heterocycles. The van der Waals surface area contributed by atoms with E-state index in [1.807, 2.05) is 74.5 Å². The van der Waals surface area contributed by atoms with Crippen LogP contribution in [-0.2, 0) is 19.1 Å². The summed E-state index contributed by atoms with van der Waals surface area (Å²) in [6.45, 7) is 5.39. The molecule has 182 valence electrons. The van der Waals surface area contributed by atoms with Crippen molar-refractivity contribution in [2.24, 2.45) is 17.3 Å². The molecule has 5 nitrogen and oxygen atoms in total. The Bertz CT molecular complexity index is 898. The van der Waals surface area contributed by atoms with Crippen molar-refractivity contribution in [1.82, 2.24) is 5.32 Å². The van der Waals surface area contributed by atoms with Crippen molar-refractivity contribution in [2.75, 3.05) is 0 Å². The number of carbonyl (C=O) groups is 3. The number of hydrogen-bond donors (Lipinski definition) is 1. The molecule has 1 amide bonds. The fourth-order valence-electron chi connectivity index (χ4n) is 5.14. The fourth-order valence-corrected chi connectivity index (χ4v) is 5.14. The summed E-state index contributed by atoms with van der Waals surface area (Å²) in [7, 11) is 0. The molecule has 2 aromatic carbocycles. The van der Waals surface area contributed by atoms with E-state index in [-0.39, 0.29) is 29.8 Å². The van der Waals surface area contributed by atoms with Gasteiger partial charge in [0.05, 0.1) is 5.41 Å². The lowest BCUT2D eigenvalue weighted by Crippen LogP contribution is -2.40. The van der Waals surface area contributed by atoms with E-state index in [1.165, 1.54) is 6.92 Å². The van der Waals surface area contributed by atoms with Gasteiger partial charge in [0.1, 0.15) is 6.29 Å². The third kappa shape index (κ3) is 6.34. The van der Waals surface area contributed by atoms with Gasteiger partial charge in [-0.15, -0.1) is 0 Å². The van der Waals surface area contributed by atoms with Gasteiger partial charge in [0.25, 0.3) is 0 Å². The first-order chi connectivity index (χ1) is 16.4. The number of aldehydes is 1. The zero-order valence-corrected chi connectivity index (χ0v) is 20.5. The summed E-state index contributed by atoms with van der Waals surface area (Å²) in [5.41, 5.74) is 1.32. The van der Waals surface area contributed by atoms with Crippen molar-refractivity contribution >= 4 is 18.2 Å².